The van der Waals surface area contributed by atoms with Crippen LogP contribution in [0.3, 0.4) is 0 Å². The van der Waals surface area contributed by atoms with Crippen molar-refractivity contribution in [2.75, 3.05) is 6.54 Å². The number of carbonyl (C=O) groups is 1. The molecular formula is C24H21ClN2O4S2. The smallest absolute Gasteiger partial charge is 0.287 e. The highest BCUT2D eigenvalue weighted by Gasteiger charge is 2.20. The van der Waals surface area contributed by atoms with Gasteiger partial charge in [0.1, 0.15) is 5.58 Å². The summed E-state index contributed by atoms with van der Waals surface area (Å²) in [4.78, 5) is 14.0. The van der Waals surface area contributed by atoms with Crippen molar-refractivity contribution >= 4 is 50.3 Å². The number of hydrogen-bond donors (Lipinski definition) is 2. The molecule has 4 rings (SSSR count). The summed E-state index contributed by atoms with van der Waals surface area (Å²) in [5, 5.41) is 9.60. The lowest BCUT2D eigenvalue weighted by Crippen LogP contribution is -2.26. The average molecular weight is 501 g/mol. The fraction of sp³-hybridized carbons (Fsp3) is 0.125. The summed E-state index contributed by atoms with van der Waals surface area (Å²) < 4.78 is 28.6. The SMILES string of the molecule is NS(=O)(=O)c1ccc(CCNC(=O)c2oc3ccccc3c2CSc2ccc(Cl)cc2)cc1. The molecule has 0 fully saturated rings. The zero-order valence-electron chi connectivity index (χ0n) is 17.5. The number of para-hydroxylation sites is 1. The number of furan rings is 1. The molecule has 0 aliphatic carbocycles. The molecule has 1 aromatic heterocycles. The van der Waals surface area contributed by atoms with Gasteiger partial charge in [-0.1, -0.05) is 41.9 Å². The number of sulfonamides is 1. The summed E-state index contributed by atoms with van der Waals surface area (Å²) in [5.74, 6) is 0.567. The maximum Gasteiger partial charge on any atom is 0.287 e. The van der Waals surface area contributed by atoms with Crippen LogP contribution in [0.5, 0.6) is 0 Å². The molecule has 6 nitrogen and oxygen atoms in total. The van der Waals surface area contributed by atoms with Crippen LogP contribution in [0.1, 0.15) is 21.7 Å². The Balaban J connectivity index is 1.46. The van der Waals surface area contributed by atoms with Crippen molar-refractivity contribution in [3.63, 3.8) is 0 Å². The van der Waals surface area contributed by atoms with Gasteiger partial charge in [0, 0.05) is 33.2 Å². The van der Waals surface area contributed by atoms with E-state index < -0.39 is 10.0 Å². The van der Waals surface area contributed by atoms with Crippen molar-refractivity contribution in [3.05, 3.63) is 94.7 Å². The molecule has 0 spiro atoms. The van der Waals surface area contributed by atoms with Gasteiger partial charge < -0.3 is 9.73 Å². The topological polar surface area (TPSA) is 102 Å². The van der Waals surface area contributed by atoms with Gasteiger partial charge in [-0.3, -0.25) is 4.79 Å². The lowest BCUT2D eigenvalue weighted by atomic mass is 10.1. The van der Waals surface area contributed by atoms with Crippen molar-refractivity contribution in [1.29, 1.82) is 0 Å². The van der Waals surface area contributed by atoms with Crippen LogP contribution in [0, 0.1) is 0 Å². The zero-order valence-corrected chi connectivity index (χ0v) is 19.8. The van der Waals surface area contributed by atoms with Gasteiger partial charge in [0.2, 0.25) is 10.0 Å². The van der Waals surface area contributed by atoms with Gasteiger partial charge in [-0.2, -0.15) is 0 Å². The number of rotatable bonds is 8. The number of amides is 1. The summed E-state index contributed by atoms with van der Waals surface area (Å²) in [6.45, 7) is 0.369. The average Bonchev–Trinajstić information content (AvgIpc) is 3.17. The van der Waals surface area contributed by atoms with E-state index in [4.69, 9.17) is 21.2 Å². The van der Waals surface area contributed by atoms with Crippen LogP contribution in [0.4, 0.5) is 0 Å². The van der Waals surface area contributed by atoms with Gasteiger partial charge in [-0.25, -0.2) is 13.6 Å². The molecule has 1 amide bonds. The van der Waals surface area contributed by atoms with E-state index in [1.54, 1.807) is 23.9 Å². The van der Waals surface area contributed by atoms with Crippen LogP contribution < -0.4 is 10.5 Å². The number of carbonyl (C=O) groups excluding carboxylic acids is 1. The van der Waals surface area contributed by atoms with Crippen molar-refractivity contribution in [2.45, 2.75) is 22.0 Å². The number of benzene rings is 3. The second-order valence-corrected chi connectivity index (χ2v) is 10.4. The van der Waals surface area contributed by atoms with Gasteiger partial charge in [-0.15, -0.1) is 11.8 Å². The lowest BCUT2D eigenvalue weighted by Gasteiger charge is -2.07. The third-order valence-electron chi connectivity index (χ3n) is 5.05. The molecule has 0 saturated carbocycles. The highest BCUT2D eigenvalue weighted by Crippen LogP contribution is 2.32. The van der Waals surface area contributed by atoms with E-state index in [-0.39, 0.29) is 10.8 Å². The maximum absolute atomic E-state index is 12.9. The second kappa shape index (κ2) is 10.0. The Kier molecular flexibility index (Phi) is 7.09. The Labute approximate surface area is 201 Å². The molecule has 0 atom stereocenters. The van der Waals surface area contributed by atoms with E-state index >= 15 is 0 Å². The van der Waals surface area contributed by atoms with Gasteiger partial charge in [0.15, 0.2) is 5.76 Å². The van der Waals surface area contributed by atoms with Gasteiger partial charge in [0.25, 0.3) is 5.91 Å². The molecule has 4 aromatic rings. The Hall–Kier alpha value is -2.78. The first-order valence-corrected chi connectivity index (χ1v) is 13.0. The first-order valence-electron chi connectivity index (χ1n) is 10.1. The summed E-state index contributed by atoms with van der Waals surface area (Å²) >= 11 is 7.57. The zero-order chi connectivity index (χ0) is 23.4. The minimum Gasteiger partial charge on any atom is -0.451 e. The molecular weight excluding hydrogens is 480 g/mol. The predicted molar refractivity (Wildman–Crippen MR) is 131 cm³/mol. The Morgan fingerprint density at radius 1 is 1.00 bits per heavy atom. The van der Waals surface area contributed by atoms with Gasteiger partial charge in [0.05, 0.1) is 4.90 Å². The van der Waals surface area contributed by atoms with Crippen molar-refractivity contribution in [1.82, 2.24) is 5.32 Å². The minimum absolute atomic E-state index is 0.0559. The fourth-order valence-corrected chi connectivity index (χ4v) is 4.93. The maximum atomic E-state index is 12.9. The van der Waals surface area contributed by atoms with E-state index in [1.165, 1.54) is 12.1 Å². The molecule has 9 heteroatoms. The Bertz CT molecular complexity index is 1380. The van der Waals surface area contributed by atoms with Crippen molar-refractivity contribution in [3.8, 4) is 0 Å². The minimum atomic E-state index is -3.73. The number of thioether (sulfide) groups is 1. The molecule has 0 aliphatic heterocycles. The molecule has 3 N–H and O–H groups in total. The van der Waals surface area contributed by atoms with Crippen molar-refractivity contribution < 1.29 is 17.6 Å². The highest BCUT2D eigenvalue weighted by atomic mass is 35.5. The molecule has 33 heavy (non-hydrogen) atoms. The molecule has 3 aromatic carbocycles. The van der Waals surface area contributed by atoms with E-state index in [2.05, 4.69) is 5.32 Å². The van der Waals surface area contributed by atoms with E-state index in [9.17, 15) is 13.2 Å². The normalized spacial score (nSPS) is 11.6. The molecule has 0 saturated heterocycles. The van der Waals surface area contributed by atoms with Gasteiger partial charge in [-0.05, 0) is 54.4 Å². The number of nitrogens with one attached hydrogen (secondary N) is 1. The predicted octanol–water partition coefficient (Wildman–Crippen LogP) is 5.00. The number of primary sulfonamides is 1. The van der Waals surface area contributed by atoms with E-state index in [0.29, 0.717) is 35.1 Å². The molecule has 0 radical (unpaired) electrons. The van der Waals surface area contributed by atoms with Crippen LogP contribution in [0.15, 0.2) is 87.0 Å². The number of fused-ring (bicyclic) bond motifs is 1. The van der Waals surface area contributed by atoms with E-state index in [1.807, 2.05) is 48.5 Å². The number of hydrogen-bond acceptors (Lipinski definition) is 5. The number of nitrogens with two attached hydrogens (primary N) is 1. The third kappa shape index (κ3) is 5.78. The van der Waals surface area contributed by atoms with Crippen LogP contribution in [0.25, 0.3) is 11.0 Å². The van der Waals surface area contributed by atoms with Gasteiger partial charge >= 0.3 is 0 Å². The molecule has 0 aliphatic rings. The summed E-state index contributed by atoms with van der Waals surface area (Å²) in [6, 6.07) is 21.4. The van der Waals surface area contributed by atoms with Crippen molar-refractivity contribution in [2.24, 2.45) is 5.14 Å². The Morgan fingerprint density at radius 3 is 2.39 bits per heavy atom. The summed E-state index contributed by atoms with van der Waals surface area (Å²) in [7, 11) is -3.73. The first-order chi connectivity index (χ1) is 15.8. The largest absolute Gasteiger partial charge is 0.451 e. The number of halogens is 1. The fourth-order valence-electron chi connectivity index (χ4n) is 3.36. The van der Waals surface area contributed by atoms with Crippen LogP contribution in [-0.2, 0) is 22.2 Å². The first kappa shape index (κ1) is 23.4. The Morgan fingerprint density at radius 2 is 1.70 bits per heavy atom. The molecule has 1 heterocycles. The van der Waals surface area contributed by atoms with E-state index in [0.717, 1.165) is 21.4 Å². The second-order valence-electron chi connectivity index (χ2n) is 7.34. The monoisotopic (exact) mass is 500 g/mol. The third-order valence-corrected chi connectivity index (χ3v) is 7.27. The lowest BCUT2D eigenvalue weighted by molar-refractivity contribution is 0.0927. The highest BCUT2D eigenvalue weighted by molar-refractivity contribution is 7.98. The quantitative estimate of drug-likeness (QED) is 0.331. The molecule has 0 unspecified atom stereocenters. The molecule has 0 bridgehead atoms. The standard InChI is InChI=1S/C24H21ClN2O4S2/c25-17-7-9-18(10-8-17)32-15-21-20-3-1-2-4-22(20)31-23(21)24(28)27-14-13-16-5-11-19(12-6-16)33(26,29)30/h1-12H,13-15H2,(H,27,28)(H2,26,29,30). The van der Waals surface area contributed by atoms with Crippen LogP contribution in [-0.4, -0.2) is 20.9 Å². The molecule has 170 valence electrons. The summed E-state index contributed by atoms with van der Waals surface area (Å²) in [5.41, 5.74) is 2.37. The van der Waals surface area contributed by atoms with Crippen LogP contribution in [0.2, 0.25) is 5.02 Å². The van der Waals surface area contributed by atoms with Crippen LogP contribution >= 0.6 is 23.4 Å². The summed E-state index contributed by atoms with van der Waals surface area (Å²) in [6.07, 6.45) is 0.533.